The Hall–Kier alpha value is -0.630. The minimum Gasteiger partial charge on any atom is -0.313 e. The highest BCUT2D eigenvalue weighted by atomic mass is 15.3. The molecule has 1 atom stereocenters. The van der Waals surface area contributed by atoms with Crippen LogP contribution < -0.4 is 5.32 Å². The van der Waals surface area contributed by atoms with Crippen molar-refractivity contribution in [2.75, 3.05) is 32.7 Å². The van der Waals surface area contributed by atoms with Crippen LogP contribution in [0.25, 0.3) is 0 Å². The molecule has 18 heavy (non-hydrogen) atoms. The fourth-order valence-corrected chi connectivity index (χ4v) is 2.48. The summed E-state index contributed by atoms with van der Waals surface area (Å²) in [5, 5.41) is 12.4. The Morgan fingerprint density at radius 2 is 2.00 bits per heavy atom. The third kappa shape index (κ3) is 4.93. The van der Waals surface area contributed by atoms with Gasteiger partial charge in [-0.25, -0.2) is 0 Å². The van der Waals surface area contributed by atoms with Crippen LogP contribution >= 0.6 is 0 Å². The molecule has 0 bridgehead atoms. The van der Waals surface area contributed by atoms with Crippen molar-refractivity contribution in [1.29, 1.82) is 5.26 Å². The molecule has 0 aromatic rings. The van der Waals surface area contributed by atoms with E-state index >= 15 is 0 Å². The second-order valence-corrected chi connectivity index (χ2v) is 5.75. The van der Waals surface area contributed by atoms with E-state index in [0.29, 0.717) is 24.5 Å². The van der Waals surface area contributed by atoms with Gasteiger partial charge in [-0.05, 0) is 13.8 Å². The van der Waals surface area contributed by atoms with Gasteiger partial charge >= 0.3 is 0 Å². The molecule has 1 saturated heterocycles. The van der Waals surface area contributed by atoms with E-state index in [1.54, 1.807) is 0 Å². The van der Waals surface area contributed by atoms with Crippen LogP contribution in [0.1, 0.15) is 34.1 Å². The molecule has 0 aromatic heterocycles. The standard InChI is InChI=1S/C14H28N4/c1-12(2)16-7-8-17-9-10-18(13(3)4)11-14(17)5-6-15/h12-14,16H,5,7-11H2,1-4H3/t14-/m1/s1. The first kappa shape index (κ1) is 15.4. The SMILES string of the molecule is CC(C)NCCN1CCN(C(C)C)C[C@H]1CC#N. The first-order valence-electron chi connectivity index (χ1n) is 7.13. The second-order valence-electron chi connectivity index (χ2n) is 5.75. The van der Waals surface area contributed by atoms with Crippen molar-refractivity contribution in [3.63, 3.8) is 0 Å². The normalized spacial score (nSPS) is 22.6. The van der Waals surface area contributed by atoms with Gasteiger partial charge in [0.15, 0.2) is 0 Å². The number of hydrogen-bond donors (Lipinski definition) is 1. The summed E-state index contributed by atoms with van der Waals surface area (Å²) in [6.07, 6.45) is 0.644. The first-order chi connectivity index (χ1) is 8.54. The molecule has 0 spiro atoms. The summed E-state index contributed by atoms with van der Waals surface area (Å²) in [5.41, 5.74) is 0. The Labute approximate surface area is 112 Å². The van der Waals surface area contributed by atoms with Gasteiger partial charge in [-0.3, -0.25) is 9.80 Å². The minimum atomic E-state index is 0.403. The molecule has 1 aliphatic heterocycles. The van der Waals surface area contributed by atoms with Crippen molar-refractivity contribution in [1.82, 2.24) is 15.1 Å². The van der Waals surface area contributed by atoms with Crippen molar-refractivity contribution in [2.45, 2.75) is 52.2 Å². The Kier molecular flexibility index (Phi) is 6.62. The average Bonchev–Trinajstić information content (AvgIpc) is 2.30. The smallest absolute Gasteiger partial charge is 0.0638 e. The Balaban J connectivity index is 2.44. The van der Waals surface area contributed by atoms with E-state index in [9.17, 15) is 0 Å². The molecule has 0 unspecified atom stereocenters. The summed E-state index contributed by atoms with van der Waals surface area (Å²) < 4.78 is 0. The lowest BCUT2D eigenvalue weighted by atomic mass is 10.1. The van der Waals surface area contributed by atoms with Gasteiger partial charge in [-0.1, -0.05) is 13.8 Å². The minimum absolute atomic E-state index is 0.403. The molecule has 0 aliphatic carbocycles. The summed E-state index contributed by atoms with van der Waals surface area (Å²) in [4.78, 5) is 4.95. The van der Waals surface area contributed by atoms with E-state index < -0.39 is 0 Å². The van der Waals surface area contributed by atoms with Gasteiger partial charge in [0.1, 0.15) is 0 Å². The summed E-state index contributed by atoms with van der Waals surface area (Å²) in [5.74, 6) is 0. The Morgan fingerprint density at radius 1 is 1.28 bits per heavy atom. The number of nitriles is 1. The van der Waals surface area contributed by atoms with Gasteiger partial charge in [0.05, 0.1) is 12.5 Å². The molecule has 1 N–H and O–H groups in total. The molecule has 0 radical (unpaired) electrons. The van der Waals surface area contributed by atoms with Gasteiger partial charge in [0.25, 0.3) is 0 Å². The highest BCUT2D eigenvalue weighted by molar-refractivity contribution is 4.90. The number of nitrogens with zero attached hydrogens (tertiary/aromatic N) is 3. The monoisotopic (exact) mass is 252 g/mol. The van der Waals surface area contributed by atoms with Crippen LogP contribution in [0.3, 0.4) is 0 Å². The topological polar surface area (TPSA) is 42.3 Å². The van der Waals surface area contributed by atoms with E-state index in [1.807, 2.05) is 0 Å². The maximum atomic E-state index is 8.96. The summed E-state index contributed by atoms with van der Waals surface area (Å²) in [6, 6.07) is 3.86. The maximum Gasteiger partial charge on any atom is 0.0638 e. The fraction of sp³-hybridized carbons (Fsp3) is 0.929. The zero-order valence-electron chi connectivity index (χ0n) is 12.3. The van der Waals surface area contributed by atoms with Crippen LogP contribution in [0.4, 0.5) is 0 Å². The molecule has 1 aliphatic rings. The molecule has 0 saturated carbocycles. The van der Waals surface area contributed by atoms with Crippen molar-refractivity contribution < 1.29 is 0 Å². The van der Waals surface area contributed by atoms with Crippen LogP contribution in [-0.2, 0) is 0 Å². The lowest BCUT2D eigenvalue weighted by molar-refractivity contribution is 0.0589. The van der Waals surface area contributed by atoms with Crippen LogP contribution in [0, 0.1) is 11.3 Å². The molecular weight excluding hydrogens is 224 g/mol. The van der Waals surface area contributed by atoms with Gasteiger partial charge in [0, 0.05) is 50.8 Å². The van der Waals surface area contributed by atoms with Crippen LogP contribution in [-0.4, -0.2) is 60.6 Å². The number of piperazine rings is 1. The van der Waals surface area contributed by atoms with E-state index in [4.69, 9.17) is 5.26 Å². The number of nitrogens with one attached hydrogen (secondary N) is 1. The van der Waals surface area contributed by atoms with Crippen molar-refractivity contribution >= 4 is 0 Å². The quantitative estimate of drug-likeness (QED) is 0.773. The number of hydrogen-bond acceptors (Lipinski definition) is 4. The maximum absolute atomic E-state index is 8.96. The summed E-state index contributed by atoms with van der Waals surface area (Å²) in [6.45, 7) is 14.1. The number of rotatable bonds is 6. The van der Waals surface area contributed by atoms with Crippen molar-refractivity contribution in [3.05, 3.63) is 0 Å². The zero-order valence-corrected chi connectivity index (χ0v) is 12.3. The molecule has 4 heteroatoms. The lowest BCUT2D eigenvalue weighted by Gasteiger charge is -2.42. The molecule has 1 heterocycles. The molecule has 0 aromatic carbocycles. The third-order valence-corrected chi connectivity index (χ3v) is 3.64. The molecule has 1 rings (SSSR count). The molecule has 0 amide bonds. The highest BCUT2D eigenvalue weighted by Crippen LogP contribution is 2.14. The Morgan fingerprint density at radius 3 is 2.56 bits per heavy atom. The van der Waals surface area contributed by atoms with Gasteiger partial charge in [-0.2, -0.15) is 5.26 Å². The predicted octanol–water partition coefficient (Wildman–Crippen LogP) is 1.29. The molecule has 4 nitrogen and oxygen atoms in total. The van der Waals surface area contributed by atoms with E-state index in [1.165, 1.54) is 0 Å². The molecule has 1 fully saturated rings. The molecule has 104 valence electrons. The Bertz CT molecular complexity index is 267. The third-order valence-electron chi connectivity index (χ3n) is 3.64. The van der Waals surface area contributed by atoms with Gasteiger partial charge < -0.3 is 5.32 Å². The summed E-state index contributed by atoms with van der Waals surface area (Å²) in [7, 11) is 0. The van der Waals surface area contributed by atoms with Crippen LogP contribution in [0.2, 0.25) is 0 Å². The highest BCUT2D eigenvalue weighted by Gasteiger charge is 2.27. The van der Waals surface area contributed by atoms with Crippen LogP contribution in [0.5, 0.6) is 0 Å². The largest absolute Gasteiger partial charge is 0.313 e. The van der Waals surface area contributed by atoms with Crippen LogP contribution in [0.15, 0.2) is 0 Å². The van der Waals surface area contributed by atoms with Gasteiger partial charge in [0.2, 0.25) is 0 Å². The van der Waals surface area contributed by atoms with E-state index in [0.717, 1.165) is 32.7 Å². The molecular formula is C14H28N4. The average molecular weight is 252 g/mol. The first-order valence-corrected chi connectivity index (χ1v) is 7.13. The zero-order chi connectivity index (χ0) is 13.5. The second kappa shape index (κ2) is 7.73. The summed E-state index contributed by atoms with van der Waals surface area (Å²) >= 11 is 0. The lowest BCUT2D eigenvalue weighted by Crippen LogP contribution is -2.56. The van der Waals surface area contributed by atoms with Gasteiger partial charge in [-0.15, -0.1) is 0 Å². The van der Waals surface area contributed by atoms with E-state index in [2.05, 4.69) is 48.9 Å². The fourth-order valence-electron chi connectivity index (χ4n) is 2.48. The predicted molar refractivity (Wildman–Crippen MR) is 75.4 cm³/mol. The van der Waals surface area contributed by atoms with Crippen molar-refractivity contribution in [3.8, 4) is 6.07 Å². The van der Waals surface area contributed by atoms with Crippen molar-refractivity contribution in [2.24, 2.45) is 0 Å². The van der Waals surface area contributed by atoms with E-state index in [-0.39, 0.29) is 0 Å².